The Morgan fingerprint density at radius 1 is 0.108 bits per heavy atom. The summed E-state index contributed by atoms with van der Waals surface area (Å²) in [6.45, 7) is 4.76. The molecular formula is C142H98N6. The van der Waals surface area contributed by atoms with E-state index in [1.807, 2.05) is 0 Å². The van der Waals surface area contributed by atoms with E-state index >= 15 is 0 Å². The van der Waals surface area contributed by atoms with Gasteiger partial charge in [0, 0.05) is 38.8 Å². The van der Waals surface area contributed by atoms with Crippen molar-refractivity contribution >= 4 is 0 Å². The lowest BCUT2D eigenvalue weighted by molar-refractivity contribution is 0.558. The van der Waals surface area contributed by atoms with Gasteiger partial charge in [-0.05, 0) is 310 Å². The zero-order valence-corrected chi connectivity index (χ0v) is 81.8. The van der Waals surface area contributed by atoms with Crippen LogP contribution in [0.25, 0.3) is 224 Å². The van der Waals surface area contributed by atoms with E-state index in [0.29, 0.717) is 34.9 Å². The highest BCUT2D eigenvalue weighted by Gasteiger charge is 2.49. The molecule has 22 aromatic carbocycles. The van der Waals surface area contributed by atoms with Crippen LogP contribution in [0.2, 0.25) is 0 Å². The van der Waals surface area contributed by atoms with Crippen molar-refractivity contribution in [2.75, 3.05) is 0 Å². The second kappa shape index (κ2) is 39.3. The maximum Gasteiger partial charge on any atom is 0.164 e. The summed E-state index contributed by atoms with van der Waals surface area (Å²) in [5.41, 5.74) is 41.8. The number of aromatic nitrogens is 6. The Morgan fingerprint density at radius 3 is 0.426 bits per heavy atom. The normalized spacial score (nSPS) is 12.2. The standard InChI is InChI=1S/C142H98N6/c1-141(2)131-71-27-29-73-133(131)142(134-74-30-28-72-132(134)141,129-69-37-61-109(93-129)103-55-31-63-111(75-103)135-143-137(113-65-33-57-105(77-113)125-85-117(95-39-11-3-12-40-95)81-118(86-125)96-41-13-4-14-42-96)147-138(144-135)114-66-34-58-106(78-114)126-87-119(97-43-15-5-16-44-97)82-120(88-126)98-45-17-6-18-46-98)130-70-38-62-110(94-130)104-56-32-64-112(76-104)136-145-139(115-67-35-59-107(79-115)127-89-121(99-47-19-7-20-48-99)83-122(90-127)100-49-21-8-22-50-100)148-140(146-136)116-68-36-60-108(80-116)128-91-123(101-51-23-9-24-52-101)84-124(92-128)102-53-25-10-26-54-102/h3-94H,1-2H3. The van der Waals surface area contributed by atoms with Crippen molar-refractivity contribution in [3.8, 4) is 224 Å². The van der Waals surface area contributed by atoms with E-state index in [2.05, 4.69) is 572 Å². The molecule has 1 aliphatic rings. The Hall–Kier alpha value is -19.1. The minimum atomic E-state index is -0.859. The van der Waals surface area contributed by atoms with E-state index in [0.717, 1.165) is 200 Å². The van der Waals surface area contributed by atoms with Gasteiger partial charge in [0.05, 0.1) is 5.41 Å². The first-order chi connectivity index (χ1) is 73.0. The van der Waals surface area contributed by atoms with Crippen LogP contribution >= 0.6 is 0 Å². The summed E-state index contributed by atoms with van der Waals surface area (Å²) in [4.78, 5) is 33.5. The highest BCUT2D eigenvalue weighted by atomic mass is 15.0. The summed E-state index contributed by atoms with van der Waals surface area (Å²) in [5, 5.41) is 0. The van der Waals surface area contributed by atoms with Crippen molar-refractivity contribution in [2.45, 2.75) is 24.7 Å². The third kappa shape index (κ3) is 17.9. The van der Waals surface area contributed by atoms with Gasteiger partial charge in [0.25, 0.3) is 0 Å². The quantitative estimate of drug-likeness (QED) is 0.0673. The van der Waals surface area contributed by atoms with Gasteiger partial charge in [0.1, 0.15) is 0 Å². The third-order valence-corrected chi connectivity index (χ3v) is 29.2. The number of nitrogens with zero attached hydrogens (tertiary/aromatic N) is 6. The molecule has 6 nitrogen and oxygen atoms in total. The van der Waals surface area contributed by atoms with Gasteiger partial charge in [-0.2, -0.15) is 0 Å². The molecule has 0 saturated carbocycles. The monoisotopic (exact) mass is 1890 g/mol. The minimum absolute atomic E-state index is 0.373. The molecule has 2 aromatic heterocycles. The van der Waals surface area contributed by atoms with Crippen molar-refractivity contribution < 1.29 is 0 Å². The third-order valence-electron chi connectivity index (χ3n) is 29.2. The van der Waals surface area contributed by atoms with E-state index in [9.17, 15) is 0 Å². The van der Waals surface area contributed by atoms with Crippen molar-refractivity contribution in [1.29, 1.82) is 0 Å². The van der Waals surface area contributed by atoms with Crippen LogP contribution in [0.3, 0.4) is 0 Å². The van der Waals surface area contributed by atoms with E-state index in [-0.39, 0.29) is 5.41 Å². The van der Waals surface area contributed by atoms with Crippen molar-refractivity contribution in [3.05, 3.63) is 591 Å². The molecule has 0 aliphatic heterocycles. The molecule has 1 aliphatic carbocycles. The van der Waals surface area contributed by atoms with Crippen LogP contribution in [0.4, 0.5) is 0 Å². The van der Waals surface area contributed by atoms with Crippen LogP contribution in [0.1, 0.15) is 47.2 Å². The van der Waals surface area contributed by atoms with Crippen LogP contribution in [0.15, 0.2) is 558 Å². The summed E-state index contributed by atoms with van der Waals surface area (Å²) in [6.07, 6.45) is 0. The lowest BCUT2D eigenvalue weighted by atomic mass is 9.54. The van der Waals surface area contributed by atoms with E-state index in [4.69, 9.17) is 29.9 Å². The highest BCUT2D eigenvalue weighted by molar-refractivity contribution is 5.90. The van der Waals surface area contributed by atoms with Crippen LogP contribution in [0.5, 0.6) is 0 Å². The predicted molar refractivity (Wildman–Crippen MR) is 612 cm³/mol. The zero-order chi connectivity index (χ0) is 98.9. The second-order valence-corrected chi connectivity index (χ2v) is 38.8. The molecule has 696 valence electrons. The molecule has 0 atom stereocenters. The lowest BCUT2D eigenvalue weighted by Crippen LogP contribution is -2.41. The Labute approximate surface area is 864 Å². The summed E-state index contributed by atoms with van der Waals surface area (Å²) in [5.74, 6) is 3.30. The average molecular weight is 1890 g/mol. The maximum atomic E-state index is 5.60. The van der Waals surface area contributed by atoms with Gasteiger partial charge in [-0.25, -0.2) is 29.9 Å². The first-order valence-electron chi connectivity index (χ1n) is 50.6. The average Bonchev–Trinajstić information content (AvgIpc) is 0.685. The second-order valence-electron chi connectivity index (χ2n) is 38.8. The number of rotatable bonds is 22. The largest absolute Gasteiger partial charge is 0.208 e. The molecule has 0 saturated heterocycles. The molecule has 0 unspecified atom stereocenters. The summed E-state index contributed by atoms with van der Waals surface area (Å²) < 4.78 is 0. The number of fused-ring (bicyclic) bond motifs is 2. The Morgan fingerprint density at radius 2 is 0.236 bits per heavy atom. The minimum Gasteiger partial charge on any atom is -0.208 e. The molecule has 0 bridgehead atoms. The van der Waals surface area contributed by atoms with Gasteiger partial charge < -0.3 is 0 Å². The maximum absolute atomic E-state index is 5.60. The van der Waals surface area contributed by atoms with E-state index in [1.165, 1.54) is 22.3 Å². The van der Waals surface area contributed by atoms with Gasteiger partial charge >= 0.3 is 0 Å². The van der Waals surface area contributed by atoms with Gasteiger partial charge in [-0.15, -0.1) is 0 Å². The first-order valence-corrected chi connectivity index (χ1v) is 50.6. The lowest BCUT2D eigenvalue weighted by Gasteiger charge is -2.48. The highest BCUT2D eigenvalue weighted by Crippen LogP contribution is 2.57. The molecule has 0 fully saturated rings. The number of hydrogen-bond acceptors (Lipinski definition) is 6. The number of benzene rings is 22. The molecule has 2 heterocycles. The Bertz CT molecular complexity index is 7950. The zero-order valence-electron chi connectivity index (χ0n) is 81.8. The van der Waals surface area contributed by atoms with Crippen molar-refractivity contribution in [3.63, 3.8) is 0 Å². The van der Waals surface area contributed by atoms with Gasteiger partial charge in [0.2, 0.25) is 0 Å². The fourth-order valence-electron chi connectivity index (χ4n) is 21.8. The molecule has 0 radical (unpaired) electrons. The smallest absolute Gasteiger partial charge is 0.164 e. The Kier molecular flexibility index (Phi) is 23.9. The van der Waals surface area contributed by atoms with Crippen LogP contribution in [-0.2, 0) is 10.8 Å². The molecule has 0 amide bonds. The SMILES string of the molecule is CC1(C)c2ccccc2C(c2cccc(-c3cccc(-c4nc(-c5cccc(-c6cc(-c7ccccc7)cc(-c7ccccc7)c6)c5)nc(-c5cccc(-c6cc(-c7ccccc7)cc(-c7ccccc7)c6)c5)n4)c3)c2)(c2cccc(-c3cccc(-c4nc(-c5cccc(-c6cc(-c7ccccc7)cc(-c7ccccc7)c6)c5)nc(-c5cccc(-c6cc(-c7ccccc7)cc(-c7ccccc7)c6)c5)n4)c3)c2)c2ccccc21. The first kappa shape index (κ1) is 90.2. The molecule has 6 heteroatoms. The summed E-state index contributed by atoms with van der Waals surface area (Å²) in [7, 11) is 0. The number of hydrogen-bond donors (Lipinski definition) is 0. The Balaban J connectivity index is 0.617. The molecule has 25 rings (SSSR count). The predicted octanol–water partition coefficient (Wildman–Crippen LogP) is 36.4. The van der Waals surface area contributed by atoms with Gasteiger partial charge in [0.15, 0.2) is 34.9 Å². The topological polar surface area (TPSA) is 77.3 Å². The van der Waals surface area contributed by atoms with Crippen LogP contribution in [0, 0.1) is 0 Å². The molecule has 148 heavy (non-hydrogen) atoms. The van der Waals surface area contributed by atoms with Gasteiger partial charge in [-0.3, -0.25) is 0 Å². The summed E-state index contributed by atoms with van der Waals surface area (Å²) in [6, 6.07) is 202. The van der Waals surface area contributed by atoms with Crippen molar-refractivity contribution in [1.82, 2.24) is 29.9 Å². The fourth-order valence-corrected chi connectivity index (χ4v) is 21.8. The van der Waals surface area contributed by atoms with E-state index < -0.39 is 5.41 Å². The molecule has 24 aromatic rings. The van der Waals surface area contributed by atoms with Gasteiger partial charge in [-0.1, -0.05) is 451 Å². The molecule has 0 N–H and O–H groups in total. The molecular weight excluding hydrogens is 1790 g/mol. The summed E-state index contributed by atoms with van der Waals surface area (Å²) >= 11 is 0. The van der Waals surface area contributed by atoms with E-state index in [1.54, 1.807) is 0 Å². The van der Waals surface area contributed by atoms with Crippen LogP contribution in [-0.4, -0.2) is 29.9 Å². The fraction of sp³-hybridized carbons (Fsp3) is 0.0282. The van der Waals surface area contributed by atoms with Crippen LogP contribution < -0.4 is 0 Å². The van der Waals surface area contributed by atoms with Crippen molar-refractivity contribution in [2.24, 2.45) is 0 Å². The molecule has 0 spiro atoms.